The first-order valence-corrected chi connectivity index (χ1v) is 10.4. The molecule has 3 N–H and O–H groups in total. The Morgan fingerprint density at radius 2 is 1.90 bits per heavy atom. The third-order valence-electron chi connectivity index (χ3n) is 5.03. The van der Waals surface area contributed by atoms with Gasteiger partial charge in [0.05, 0.1) is 25.4 Å². The second-order valence-electron chi connectivity index (χ2n) is 7.08. The number of amides is 1. The highest BCUT2D eigenvalue weighted by atomic mass is 32.1. The van der Waals surface area contributed by atoms with Crippen molar-refractivity contribution in [1.29, 1.82) is 0 Å². The van der Waals surface area contributed by atoms with Crippen LogP contribution in [-0.4, -0.2) is 31.7 Å². The quantitative estimate of drug-likeness (QED) is 0.484. The van der Waals surface area contributed by atoms with Crippen LogP contribution in [0, 0.1) is 6.92 Å². The number of thiophene rings is 1. The fraction of sp³-hybridized carbons (Fsp3) is 0.217. The lowest BCUT2D eigenvalue weighted by Crippen LogP contribution is -2.25. The summed E-state index contributed by atoms with van der Waals surface area (Å²) in [4.78, 5) is 18.7. The zero-order valence-corrected chi connectivity index (χ0v) is 17.9. The number of nitrogens with two attached hydrogens (primary N) is 1. The molecule has 6 nitrogen and oxygen atoms in total. The Balaban J connectivity index is 1.50. The molecule has 4 rings (SSSR count). The van der Waals surface area contributed by atoms with Crippen LogP contribution in [-0.2, 0) is 6.42 Å². The highest BCUT2D eigenvalue weighted by Crippen LogP contribution is 2.34. The van der Waals surface area contributed by atoms with Crippen molar-refractivity contribution in [3.05, 3.63) is 58.5 Å². The molecule has 4 aromatic rings. The number of carbonyl (C=O) groups is 1. The van der Waals surface area contributed by atoms with Crippen LogP contribution in [0.1, 0.15) is 20.8 Å². The Morgan fingerprint density at radius 3 is 2.67 bits per heavy atom. The molecule has 1 amide bonds. The zero-order valence-electron chi connectivity index (χ0n) is 17.1. The van der Waals surface area contributed by atoms with E-state index in [9.17, 15) is 4.79 Å². The first-order valence-electron chi connectivity index (χ1n) is 9.58. The van der Waals surface area contributed by atoms with E-state index in [2.05, 4.69) is 5.32 Å². The maximum Gasteiger partial charge on any atom is 0.263 e. The molecule has 0 saturated carbocycles. The number of aromatic nitrogens is 1. The number of fused-ring (bicyclic) bond motifs is 2. The fourth-order valence-electron chi connectivity index (χ4n) is 3.41. The van der Waals surface area contributed by atoms with Crippen molar-refractivity contribution in [1.82, 2.24) is 10.3 Å². The van der Waals surface area contributed by atoms with Crippen LogP contribution >= 0.6 is 11.3 Å². The Kier molecular flexibility index (Phi) is 5.46. The van der Waals surface area contributed by atoms with E-state index in [1.165, 1.54) is 11.3 Å². The lowest BCUT2D eigenvalue weighted by molar-refractivity contribution is 0.0959. The number of benzene rings is 2. The number of rotatable bonds is 6. The molecule has 7 heteroatoms. The highest BCUT2D eigenvalue weighted by molar-refractivity contribution is 7.21. The maximum atomic E-state index is 12.7. The van der Waals surface area contributed by atoms with Gasteiger partial charge in [-0.15, -0.1) is 11.3 Å². The van der Waals surface area contributed by atoms with E-state index < -0.39 is 0 Å². The van der Waals surface area contributed by atoms with Gasteiger partial charge in [-0.1, -0.05) is 18.2 Å². The maximum absolute atomic E-state index is 12.7. The van der Waals surface area contributed by atoms with Crippen molar-refractivity contribution in [2.24, 2.45) is 0 Å². The van der Waals surface area contributed by atoms with E-state index in [-0.39, 0.29) is 5.91 Å². The molecule has 0 radical (unpaired) electrons. The van der Waals surface area contributed by atoms with E-state index >= 15 is 0 Å². The lowest BCUT2D eigenvalue weighted by atomic mass is 10.1. The molecule has 0 bridgehead atoms. The summed E-state index contributed by atoms with van der Waals surface area (Å²) in [6.45, 7) is 2.52. The van der Waals surface area contributed by atoms with Crippen molar-refractivity contribution in [2.45, 2.75) is 13.3 Å². The molecule has 0 aliphatic carbocycles. The lowest BCUT2D eigenvalue weighted by Gasteiger charge is -2.10. The molecule has 0 fully saturated rings. The number of nitrogen functional groups attached to an aromatic ring is 1. The molecule has 0 spiro atoms. The van der Waals surface area contributed by atoms with E-state index in [0.29, 0.717) is 35.0 Å². The van der Waals surface area contributed by atoms with Gasteiger partial charge < -0.3 is 20.5 Å². The molecule has 2 aromatic heterocycles. The Morgan fingerprint density at radius 1 is 1.10 bits per heavy atom. The average molecular weight is 422 g/mol. The number of anilines is 1. The summed E-state index contributed by atoms with van der Waals surface area (Å²) in [5, 5.41) is 4.79. The van der Waals surface area contributed by atoms with Gasteiger partial charge in [-0.3, -0.25) is 4.79 Å². The first kappa shape index (κ1) is 20.0. The van der Waals surface area contributed by atoms with Crippen LogP contribution in [0.25, 0.3) is 21.1 Å². The molecule has 0 aliphatic heterocycles. The number of pyridine rings is 1. The Hall–Kier alpha value is -3.32. The Labute approximate surface area is 178 Å². The van der Waals surface area contributed by atoms with Gasteiger partial charge in [0, 0.05) is 17.3 Å². The topological polar surface area (TPSA) is 86.5 Å². The third kappa shape index (κ3) is 3.76. The number of ether oxygens (including phenoxy) is 2. The molecule has 154 valence electrons. The van der Waals surface area contributed by atoms with Crippen LogP contribution in [0.15, 0.2) is 42.5 Å². The molecule has 0 unspecified atom stereocenters. The van der Waals surface area contributed by atoms with Gasteiger partial charge >= 0.3 is 0 Å². The van der Waals surface area contributed by atoms with E-state index in [4.69, 9.17) is 20.2 Å². The number of hydrogen-bond donors (Lipinski definition) is 2. The minimum Gasteiger partial charge on any atom is -0.493 e. The number of aryl methyl sites for hydroxylation is 1. The van der Waals surface area contributed by atoms with Gasteiger partial charge in [-0.2, -0.15) is 0 Å². The van der Waals surface area contributed by atoms with Crippen molar-refractivity contribution in [2.75, 3.05) is 26.5 Å². The molecule has 2 aromatic carbocycles. The highest BCUT2D eigenvalue weighted by Gasteiger charge is 2.18. The predicted molar refractivity (Wildman–Crippen MR) is 122 cm³/mol. The number of hydrogen-bond acceptors (Lipinski definition) is 6. The molecule has 2 heterocycles. The molecule has 0 aliphatic rings. The van der Waals surface area contributed by atoms with Crippen molar-refractivity contribution < 1.29 is 14.3 Å². The summed E-state index contributed by atoms with van der Waals surface area (Å²) >= 11 is 1.33. The van der Waals surface area contributed by atoms with Gasteiger partial charge in [0.2, 0.25) is 0 Å². The number of methoxy groups -OCH3 is 2. The SMILES string of the molecule is COc1ccc(CCNC(=O)c2sc3nc4cc(C)ccc4cc3c2N)cc1OC. The summed E-state index contributed by atoms with van der Waals surface area (Å²) in [7, 11) is 3.21. The van der Waals surface area contributed by atoms with E-state index in [1.807, 2.05) is 49.4 Å². The smallest absolute Gasteiger partial charge is 0.263 e. The standard InChI is InChI=1S/C23H23N3O3S/c1-13-4-6-15-12-16-20(24)21(30-23(16)26-17(15)10-13)22(27)25-9-8-14-5-7-18(28-2)19(11-14)29-3/h4-7,10-12H,8-9,24H2,1-3H3,(H,25,27). The fourth-order valence-corrected chi connectivity index (χ4v) is 4.41. The first-order chi connectivity index (χ1) is 14.5. The number of nitrogens with one attached hydrogen (secondary N) is 1. The van der Waals surface area contributed by atoms with Crippen molar-refractivity contribution in [3.63, 3.8) is 0 Å². The third-order valence-corrected chi connectivity index (χ3v) is 6.14. The summed E-state index contributed by atoms with van der Waals surface area (Å²) in [6, 6.07) is 13.8. The summed E-state index contributed by atoms with van der Waals surface area (Å²) < 4.78 is 10.6. The van der Waals surface area contributed by atoms with Crippen molar-refractivity contribution >= 4 is 44.1 Å². The van der Waals surface area contributed by atoms with E-state index in [0.717, 1.165) is 32.2 Å². The van der Waals surface area contributed by atoms with Gasteiger partial charge in [-0.25, -0.2) is 4.98 Å². The van der Waals surface area contributed by atoms with Crippen LogP contribution in [0.5, 0.6) is 11.5 Å². The molecular weight excluding hydrogens is 398 g/mol. The molecule has 0 atom stereocenters. The summed E-state index contributed by atoms with van der Waals surface area (Å²) in [6.07, 6.45) is 0.665. The van der Waals surface area contributed by atoms with E-state index in [1.54, 1.807) is 14.2 Å². The largest absolute Gasteiger partial charge is 0.493 e. The normalized spacial score (nSPS) is 11.0. The molecular formula is C23H23N3O3S. The number of nitrogens with zero attached hydrogens (tertiary/aromatic N) is 1. The van der Waals surface area contributed by atoms with Gasteiger partial charge in [0.1, 0.15) is 9.71 Å². The Bertz CT molecular complexity index is 1250. The minimum absolute atomic E-state index is 0.184. The summed E-state index contributed by atoms with van der Waals surface area (Å²) in [5.41, 5.74) is 9.87. The van der Waals surface area contributed by atoms with Crippen LogP contribution in [0.2, 0.25) is 0 Å². The van der Waals surface area contributed by atoms with Gasteiger partial charge in [-0.05, 0) is 48.7 Å². The zero-order chi connectivity index (χ0) is 21.3. The van der Waals surface area contributed by atoms with Crippen molar-refractivity contribution in [3.8, 4) is 11.5 Å². The molecule has 30 heavy (non-hydrogen) atoms. The monoisotopic (exact) mass is 421 g/mol. The summed E-state index contributed by atoms with van der Waals surface area (Å²) in [5.74, 6) is 1.16. The predicted octanol–water partition coefficient (Wildman–Crippen LogP) is 4.33. The second-order valence-corrected chi connectivity index (χ2v) is 8.08. The average Bonchev–Trinajstić information content (AvgIpc) is 3.07. The van der Waals surface area contributed by atoms with Gasteiger partial charge in [0.25, 0.3) is 5.91 Å². The van der Waals surface area contributed by atoms with Crippen LogP contribution in [0.3, 0.4) is 0 Å². The number of carbonyl (C=O) groups excluding carboxylic acids is 1. The van der Waals surface area contributed by atoms with Gasteiger partial charge in [0.15, 0.2) is 11.5 Å². The second kappa shape index (κ2) is 8.20. The van der Waals surface area contributed by atoms with Crippen LogP contribution < -0.4 is 20.5 Å². The molecule has 0 saturated heterocycles. The van der Waals surface area contributed by atoms with Crippen LogP contribution in [0.4, 0.5) is 5.69 Å². The minimum atomic E-state index is -0.184.